The van der Waals surface area contributed by atoms with Crippen LogP contribution in [-0.2, 0) is 6.54 Å². The standard InChI is InChI=1S/C13H11N3S.BrH/c14-13-16(7-8-17-13)9-11-4-1-3-10-5-2-6-15-12(10)11;/h1-8,14H,9H2;1H. The van der Waals surface area contributed by atoms with Crippen molar-refractivity contribution in [2.24, 2.45) is 0 Å². The molecule has 0 aliphatic rings. The monoisotopic (exact) mass is 321 g/mol. The van der Waals surface area contributed by atoms with Gasteiger partial charge in [-0.05, 0) is 6.07 Å². The number of para-hydroxylation sites is 1. The summed E-state index contributed by atoms with van der Waals surface area (Å²) < 4.78 is 2.04. The van der Waals surface area contributed by atoms with Crippen molar-refractivity contribution < 1.29 is 21.5 Å². The van der Waals surface area contributed by atoms with E-state index in [1.54, 1.807) is 11.3 Å². The van der Waals surface area contributed by atoms with E-state index in [0.29, 0.717) is 0 Å². The van der Waals surface area contributed by atoms with E-state index in [4.69, 9.17) is 5.73 Å². The highest BCUT2D eigenvalue weighted by Gasteiger charge is 2.09. The second-order valence-corrected chi connectivity index (χ2v) is 4.79. The van der Waals surface area contributed by atoms with E-state index in [0.717, 1.165) is 17.2 Å². The van der Waals surface area contributed by atoms with Crippen molar-refractivity contribution in [3.8, 4) is 0 Å². The molecule has 0 spiro atoms. The van der Waals surface area contributed by atoms with E-state index >= 15 is 0 Å². The van der Waals surface area contributed by atoms with Crippen molar-refractivity contribution in [2.45, 2.75) is 6.54 Å². The number of benzene rings is 1. The summed E-state index contributed by atoms with van der Waals surface area (Å²) in [7, 11) is 0. The van der Waals surface area contributed by atoms with Crippen LogP contribution in [0.4, 0.5) is 5.13 Å². The molecular formula is C13H12BrN3S. The van der Waals surface area contributed by atoms with Gasteiger partial charge in [0, 0.05) is 22.5 Å². The van der Waals surface area contributed by atoms with Crippen LogP contribution in [0.25, 0.3) is 10.9 Å². The van der Waals surface area contributed by atoms with Crippen molar-refractivity contribution in [2.75, 3.05) is 5.73 Å². The van der Waals surface area contributed by atoms with Crippen molar-refractivity contribution in [1.29, 1.82) is 0 Å². The zero-order valence-electron chi connectivity index (χ0n) is 9.58. The molecule has 0 radical (unpaired) electrons. The van der Waals surface area contributed by atoms with Crippen LogP contribution < -0.4 is 27.3 Å². The minimum Gasteiger partial charge on any atom is -1.00 e. The SMILES string of the molecule is Nc1scc[n+]1Cc1cccc2cccnc12.[Br-]. The number of nitrogens with two attached hydrogens (primary N) is 1. The lowest BCUT2D eigenvalue weighted by Gasteiger charge is -2.03. The van der Waals surface area contributed by atoms with Crippen molar-refractivity contribution >= 4 is 27.4 Å². The fourth-order valence-electron chi connectivity index (χ4n) is 1.92. The number of anilines is 1. The number of aromatic nitrogens is 2. The summed E-state index contributed by atoms with van der Waals surface area (Å²) in [6.45, 7) is 0.768. The molecule has 0 unspecified atom stereocenters. The van der Waals surface area contributed by atoms with E-state index in [-0.39, 0.29) is 17.0 Å². The van der Waals surface area contributed by atoms with Crippen LogP contribution >= 0.6 is 11.3 Å². The Morgan fingerprint density at radius 3 is 2.83 bits per heavy atom. The number of thiazole rings is 1. The van der Waals surface area contributed by atoms with E-state index in [2.05, 4.69) is 29.2 Å². The van der Waals surface area contributed by atoms with Crippen LogP contribution in [-0.4, -0.2) is 4.98 Å². The molecule has 2 N–H and O–H groups in total. The van der Waals surface area contributed by atoms with Gasteiger partial charge in [0.1, 0.15) is 12.7 Å². The molecule has 5 heteroatoms. The molecule has 3 aromatic rings. The molecule has 0 aliphatic heterocycles. The Bertz CT molecular complexity index is 661. The quantitative estimate of drug-likeness (QED) is 0.629. The van der Waals surface area contributed by atoms with Gasteiger partial charge in [0.2, 0.25) is 0 Å². The number of rotatable bonds is 2. The second kappa shape index (κ2) is 5.46. The number of nitrogens with zero attached hydrogens (tertiary/aromatic N) is 2. The number of hydrogen-bond acceptors (Lipinski definition) is 3. The van der Waals surface area contributed by atoms with Crippen molar-refractivity contribution in [1.82, 2.24) is 4.98 Å². The maximum absolute atomic E-state index is 5.89. The normalized spacial score (nSPS) is 10.2. The molecule has 0 aliphatic carbocycles. The van der Waals surface area contributed by atoms with Crippen LogP contribution in [0.3, 0.4) is 0 Å². The third-order valence-corrected chi connectivity index (χ3v) is 3.50. The van der Waals surface area contributed by atoms with Crippen LogP contribution in [0.5, 0.6) is 0 Å². The van der Waals surface area contributed by atoms with Crippen LogP contribution in [0.1, 0.15) is 5.56 Å². The maximum atomic E-state index is 5.89. The highest BCUT2D eigenvalue weighted by molar-refractivity contribution is 7.12. The third-order valence-electron chi connectivity index (χ3n) is 2.77. The molecule has 3 rings (SSSR count). The van der Waals surface area contributed by atoms with Gasteiger partial charge in [-0.3, -0.25) is 10.7 Å². The third kappa shape index (κ3) is 2.37. The zero-order valence-corrected chi connectivity index (χ0v) is 12.0. The first-order valence-electron chi connectivity index (χ1n) is 5.39. The van der Waals surface area contributed by atoms with Crippen LogP contribution in [0, 0.1) is 0 Å². The zero-order chi connectivity index (χ0) is 11.7. The average Bonchev–Trinajstić information content (AvgIpc) is 2.76. The summed E-state index contributed by atoms with van der Waals surface area (Å²) in [6, 6.07) is 10.3. The lowest BCUT2D eigenvalue weighted by atomic mass is 10.1. The summed E-state index contributed by atoms with van der Waals surface area (Å²) in [5, 5.41) is 3.98. The summed E-state index contributed by atoms with van der Waals surface area (Å²) >= 11 is 1.55. The summed E-state index contributed by atoms with van der Waals surface area (Å²) in [6.07, 6.45) is 3.83. The molecule has 18 heavy (non-hydrogen) atoms. The molecule has 0 fully saturated rings. The number of hydrogen-bond donors (Lipinski definition) is 1. The Hall–Kier alpha value is -1.46. The number of pyridine rings is 1. The first kappa shape index (κ1) is 13.0. The van der Waals surface area contributed by atoms with E-state index < -0.39 is 0 Å². The topological polar surface area (TPSA) is 42.8 Å². The minimum atomic E-state index is 0. The smallest absolute Gasteiger partial charge is 0.331 e. The number of nitrogen functional groups attached to an aromatic ring is 1. The second-order valence-electron chi connectivity index (χ2n) is 3.86. The Morgan fingerprint density at radius 1 is 1.22 bits per heavy atom. The van der Waals surface area contributed by atoms with Gasteiger partial charge in [0.15, 0.2) is 0 Å². The van der Waals surface area contributed by atoms with Gasteiger partial charge < -0.3 is 17.0 Å². The lowest BCUT2D eigenvalue weighted by Crippen LogP contribution is -3.00. The minimum absolute atomic E-state index is 0. The van der Waals surface area contributed by atoms with Gasteiger partial charge in [-0.15, -0.1) is 0 Å². The lowest BCUT2D eigenvalue weighted by molar-refractivity contribution is -0.669. The largest absolute Gasteiger partial charge is 1.00 e. The summed E-state index contributed by atoms with van der Waals surface area (Å²) in [5.41, 5.74) is 8.14. The Morgan fingerprint density at radius 2 is 2.06 bits per heavy atom. The van der Waals surface area contributed by atoms with Gasteiger partial charge in [0.25, 0.3) is 0 Å². The first-order valence-corrected chi connectivity index (χ1v) is 6.27. The highest BCUT2D eigenvalue weighted by Crippen LogP contribution is 2.16. The molecule has 1 aromatic carbocycles. The first-order chi connectivity index (χ1) is 8.34. The van der Waals surface area contributed by atoms with E-state index in [1.165, 1.54) is 10.9 Å². The van der Waals surface area contributed by atoms with Gasteiger partial charge in [-0.2, -0.15) is 0 Å². The summed E-state index contributed by atoms with van der Waals surface area (Å²) in [5.74, 6) is 0. The van der Waals surface area contributed by atoms with Gasteiger partial charge >= 0.3 is 5.13 Å². The molecular weight excluding hydrogens is 310 g/mol. The van der Waals surface area contributed by atoms with Crippen molar-refractivity contribution in [3.05, 3.63) is 53.7 Å². The number of halogens is 1. The Balaban J connectivity index is 0.00000120. The average molecular weight is 322 g/mol. The molecule has 0 saturated heterocycles. The molecule has 0 saturated carbocycles. The molecule has 3 nitrogen and oxygen atoms in total. The van der Waals surface area contributed by atoms with Crippen molar-refractivity contribution in [3.63, 3.8) is 0 Å². The van der Waals surface area contributed by atoms with Gasteiger partial charge in [0.05, 0.1) is 5.52 Å². The van der Waals surface area contributed by atoms with Gasteiger partial charge in [-0.1, -0.05) is 35.6 Å². The molecule has 2 aromatic heterocycles. The molecule has 0 amide bonds. The molecule has 2 heterocycles. The molecule has 0 atom stereocenters. The fraction of sp³-hybridized carbons (Fsp3) is 0.0769. The summed E-state index contributed by atoms with van der Waals surface area (Å²) in [4.78, 5) is 4.44. The predicted molar refractivity (Wildman–Crippen MR) is 69.8 cm³/mol. The Labute approximate surface area is 120 Å². The highest BCUT2D eigenvalue weighted by atomic mass is 79.9. The molecule has 0 bridgehead atoms. The Kier molecular flexibility index (Phi) is 3.93. The fourth-order valence-corrected chi connectivity index (χ4v) is 2.53. The number of fused-ring (bicyclic) bond motifs is 1. The van der Waals surface area contributed by atoms with E-state index in [1.807, 2.05) is 28.4 Å². The van der Waals surface area contributed by atoms with Gasteiger partial charge in [-0.25, -0.2) is 4.57 Å². The predicted octanol–water partition coefficient (Wildman–Crippen LogP) is -0.782. The van der Waals surface area contributed by atoms with E-state index in [9.17, 15) is 0 Å². The maximum Gasteiger partial charge on any atom is 0.331 e. The van der Waals surface area contributed by atoms with Crippen LogP contribution in [0.2, 0.25) is 0 Å². The van der Waals surface area contributed by atoms with Crippen LogP contribution in [0.15, 0.2) is 48.1 Å². The molecule has 92 valence electrons.